The van der Waals surface area contributed by atoms with Crippen LogP contribution in [0.15, 0.2) is 47.5 Å². The molecule has 5 aromatic carbocycles. The second-order valence-electron chi connectivity index (χ2n) is 13.5. The van der Waals surface area contributed by atoms with Gasteiger partial charge in [0.15, 0.2) is 0 Å². The van der Waals surface area contributed by atoms with Gasteiger partial charge >= 0.3 is 5.97 Å². The third kappa shape index (κ3) is 6.49. The molecule has 50 heavy (non-hydrogen) atoms. The normalized spacial score (nSPS) is 13.2. The summed E-state index contributed by atoms with van der Waals surface area (Å²) in [5.74, 6) is -2.23. The summed E-state index contributed by atoms with van der Waals surface area (Å²) in [5.41, 5.74) is 8.22. The molecule has 0 unspecified atom stereocenters. The molecule has 0 radical (unpaired) electrons. The van der Waals surface area contributed by atoms with E-state index < -0.39 is 17.8 Å². The van der Waals surface area contributed by atoms with E-state index in [1.165, 1.54) is 44.6 Å². The van der Waals surface area contributed by atoms with Gasteiger partial charge in [-0.25, -0.2) is 4.79 Å². The molecule has 0 bridgehead atoms. The first-order valence-corrected chi connectivity index (χ1v) is 18.2. The zero-order valence-corrected chi connectivity index (χ0v) is 29.0. The molecule has 0 aliphatic carbocycles. The molecule has 0 atom stereocenters. The number of benzene rings is 5. The van der Waals surface area contributed by atoms with Crippen LogP contribution in [0.25, 0.3) is 43.1 Å². The van der Waals surface area contributed by atoms with Crippen molar-refractivity contribution >= 4 is 72.6 Å². The number of amidine groups is 1. The van der Waals surface area contributed by atoms with E-state index in [4.69, 9.17) is 10.7 Å². The number of nitrogens with two attached hydrogens (primary N) is 1. The van der Waals surface area contributed by atoms with Gasteiger partial charge in [-0.3, -0.25) is 24.7 Å². The maximum absolute atomic E-state index is 14.0. The Hall–Kier alpha value is -5.05. The number of aliphatic imine (C=N–C) groups is 1. The SMILES string of the molecule is CCCCCCCCN=C(N)c1cc(C(=O)O)c2c3ccc4c5c(ccc(c6ccc(C(=O)NCCCCCCCC)c1c62)c53)C(=O)NC4=O. The molecular weight excluding hydrogens is 628 g/mol. The van der Waals surface area contributed by atoms with Gasteiger partial charge in [0.05, 0.1) is 5.56 Å². The largest absolute Gasteiger partial charge is 0.478 e. The third-order valence-electron chi connectivity index (χ3n) is 10.1. The van der Waals surface area contributed by atoms with Crippen molar-refractivity contribution in [3.05, 3.63) is 70.3 Å². The molecule has 3 amide bonds. The van der Waals surface area contributed by atoms with Crippen LogP contribution in [0.4, 0.5) is 0 Å². The van der Waals surface area contributed by atoms with Crippen LogP contribution in [0.5, 0.6) is 0 Å². The lowest BCUT2D eigenvalue weighted by Crippen LogP contribution is -2.34. The average molecular weight is 675 g/mol. The van der Waals surface area contributed by atoms with E-state index >= 15 is 0 Å². The fourth-order valence-electron chi connectivity index (χ4n) is 7.55. The molecule has 1 aliphatic heterocycles. The molecule has 5 N–H and O–H groups in total. The summed E-state index contributed by atoms with van der Waals surface area (Å²) in [5, 5.41) is 20.9. The average Bonchev–Trinajstić information content (AvgIpc) is 3.11. The van der Waals surface area contributed by atoms with E-state index in [0.29, 0.717) is 73.0 Å². The number of carbonyl (C=O) groups excluding carboxylic acids is 3. The van der Waals surface area contributed by atoms with Gasteiger partial charge in [-0.1, -0.05) is 96.3 Å². The third-order valence-corrected chi connectivity index (χ3v) is 10.1. The Morgan fingerprint density at radius 2 is 1.24 bits per heavy atom. The zero-order chi connectivity index (χ0) is 35.4. The highest BCUT2D eigenvalue weighted by Crippen LogP contribution is 2.46. The number of rotatable bonds is 17. The summed E-state index contributed by atoms with van der Waals surface area (Å²) >= 11 is 0. The predicted octanol–water partition coefficient (Wildman–Crippen LogP) is 8.48. The fourth-order valence-corrected chi connectivity index (χ4v) is 7.55. The minimum Gasteiger partial charge on any atom is -0.478 e. The zero-order valence-electron chi connectivity index (χ0n) is 29.0. The van der Waals surface area contributed by atoms with Crippen LogP contribution < -0.4 is 16.4 Å². The van der Waals surface area contributed by atoms with Gasteiger partial charge in [0.25, 0.3) is 17.7 Å². The van der Waals surface area contributed by atoms with Crippen molar-refractivity contribution in [1.29, 1.82) is 0 Å². The number of imide groups is 1. The van der Waals surface area contributed by atoms with Gasteiger partial charge in [0, 0.05) is 51.5 Å². The fraction of sp³-hybridized carbons (Fsp3) is 0.390. The molecular formula is C41H46N4O5. The Bertz CT molecular complexity index is 2130. The van der Waals surface area contributed by atoms with Crippen LogP contribution >= 0.6 is 0 Å². The first-order chi connectivity index (χ1) is 24.3. The number of carboxylic acid groups (broad SMARTS) is 1. The molecule has 5 aromatic rings. The molecule has 0 saturated heterocycles. The maximum Gasteiger partial charge on any atom is 0.336 e. The highest BCUT2D eigenvalue weighted by Gasteiger charge is 2.30. The van der Waals surface area contributed by atoms with E-state index in [2.05, 4.69) is 24.5 Å². The first-order valence-electron chi connectivity index (χ1n) is 18.2. The summed E-state index contributed by atoms with van der Waals surface area (Å²) in [6.07, 6.45) is 13.1. The number of carboxylic acids is 1. The quantitative estimate of drug-likeness (QED) is 0.0194. The van der Waals surface area contributed by atoms with Gasteiger partial charge in [0.2, 0.25) is 0 Å². The molecule has 0 spiro atoms. The minimum atomic E-state index is -1.16. The molecule has 6 rings (SSSR count). The summed E-state index contributed by atoms with van der Waals surface area (Å²) in [4.78, 5) is 57.6. The number of hydrogen-bond donors (Lipinski definition) is 4. The number of hydrogen-bond acceptors (Lipinski definition) is 5. The van der Waals surface area contributed by atoms with Crippen LogP contribution in [-0.2, 0) is 0 Å². The van der Waals surface area contributed by atoms with Gasteiger partial charge in [-0.05, 0) is 64.0 Å². The highest BCUT2D eigenvalue weighted by molar-refractivity contribution is 6.41. The smallest absolute Gasteiger partial charge is 0.336 e. The molecule has 0 fully saturated rings. The van der Waals surface area contributed by atoms with Crippen LogP contribution in [-0.4, -0.2) is 47.7 Å². The van der Waals surface area contributed by atoms with E-state index in [9.17, 15) is 24.3 Å². The Kier molecular flexibility index (Phi) is 10.6. The first kappa shape index (κ1) is 34.8. The Morgan fingerprint density at radius 1 is 0.660 bits per heavy atom. The summed E-state index contributed by atoms with van der Waals surface area (Å²) in [6.45, 7) is 5.39. The lowest BCUT2D eigenvalue weighted by Gasteiger charge is -2.23. The van der Waals surface area contributed by atoms with Gasteiger partial charge in [-0.15, -0.1) is 0 Å². The number of amides is 3. The number of carbonyl (C=O) groups is 4. The standard InChI is InChI=1S/C41H46N4O5/c1-3-5-7-9-11-13-21-43-37(42)30-23-31(41(49)50)33-26-17-20-29-34-28(39(47)45-40(29)48)19-15-24(32(26)34)25-16-18-27(35(30)36(25)33)38(46)44-22-14-12-10-8-6-4-2/h15-20,23H,3-14,21-22H2,1-2H3,(H2,42,43)(H,44,46)(H,49,50)(H,45,47,48). The second kappa shape index (κ2) is 15.2. The van der Waals surface area contributed by atoms with Crippen LogP contribution in [0.1, 0.15) is 138 Å². The summed E-state index contributed by atoms with van der Waals surface area (Å²) in [6, 6.07) is 12.0. The van der Waals surface area contributed by atoms with Crippen molar-refractivity contribution in [2.45, 2.75) is 90.9 Å². The van der Waals surface area contributed by atoms with Crippen LogP contribution in [0, 0.1) is 0 Å². The number of nitrogens with one attached hydrogen (secondary N) is 2. The Morgan fingerprint density at radius 3 is 1.90 bits per heavy atom. The molecule has 1 aliphatic rings. The molecule has 9 heteroatoms. The maximum atomic E-state index is 14.0. The van der Waals surface area contributed by atoms with E-state index in [1.54, 1.807) is 24.3 Å². The lowest BCUT2D eigenvalue weighted by molar-refractivity contribution is 0.0697. The van der Waals surface area contributed by atoms with Crippen LogP contribution in [0.3, 0.4) is 0 Å². The Balaban J connectivity index is 1.54. The minimum absolute atomic E-state index is 0.00837. The van der Waals surface area contributed by atoms with Gasteiger partial charge in [-0.2, -0.15) is 0 Å². The van der Waals surface area contributed by atoms with E-state index in [1.807, 2.05) is 12.1 Å². The van der Waals surface area contributed by atoms with Crippen molar-refractivity contribution in [1.82, 2.24) is 10.6 Å². The lowest BCUT2D eigenvalue weighted by atomic mass is 9.81. The number of fused-ring (bicyclic) bond motifs is 2. The monoisotopic (exact) mass is 674 g/mol. The van der Waals surface area contributed by atoms with Crippen molar-refractivity contribution in [3.63, 3.8) is 0 Å². The Labute approximate surface area is 292 Å². The van der Waals surface area contributed by atoms with Crippen molar-refractivity contribution in [2.75, 3.05) is 13.1 Å². The van der Waals surface area contributed by atoms with E-state index in [0.717, 1.165) is 43.9 Å². The van der Waals surface area contributed by atoms with Gasteiger partial charge in [0.1, 0.15) is 5.84 Å². The number of nitrogens with zero attached hydrogens (tertiary/aromatic N) is 1. The number of aromatic carboxylic acids is 1. The van der Waals surface area contributed by atoms with Gasteiger partial charge < -0.3 is 16.2 Å². The topological polar surface area (TPSA) is 151 Å². The summed E-state index contributed by atoms with van der Waals surface area (Å²) in [7, 11) is 0. The van der Waals surface area contributed by atoms with Crippen LogP contribution in [0.2, 0.25) is 0 Å². The number of unbranched alkanes of at least 4 members (excludes halogenated alkanes) is 10. The van der Waals surface area contributed by atoms with E-state index in [-0.39, 0.29) is 17.3 Å². The summed E-state index contributed by atoms with van der Waals surface area (Å²) < 4.78 is 0. The highest BCUT2D eigenvalue weighted by atomic mass is 16.4. The molecule has 0 aromatic heterocycles. The van der Waals surface area contributed by atoms with Crippen molar-refractivity contribution in [2.24, 2.45) is 10.7 Å². The molecule has 0 saturated carbocycles. The van der Waals surface area contributed by atoms with Crippen molar-refractivity contribution < 1.29 is 24.3 Å². The predicted molar refractivity (Wildman–Crippen MR) is 201 cm³/mol. The van der Waals surface area contributed by atoms with Crippen molar-refractivity contribution in [3.8, 4) is 0 Å². The molecule has 9 nitrogen and oxygen atoms in total. The molecule has 260 valence electrons. The second-order valence-corrected chi connectivity index (χ2v) is 13.5. The molecule has 1 heterocycles.